The van der Waals surface area contributed by atoms with E-state index in [9.17, 15) is 9.59 Å². The molecule has 1 N–H and O–H groups in total. The summed E-state index contributed by atoms with van der Waals surface area (Å²) in [4.78, 5) is 29.0. The first kappa shape index (κ1) is 17.2. The first-order valence-electron chi connectivity index (χ1n) is 8.23. The second kappa shape index (κ2) is 7.94. The van der Waals surface area contributed by atoms with Crippen molar-refractivity contribution in [3.63, 3.8) is 0 Å². The largest absolute Gasteiger partial charge is 0.481 e. The van der Waals surface area contributed by atoms with E-state index in [2.05, 4.69) is 4.98 Å². The highest BCUT2D eigenvalue weighted by atomic mass is 16.5. The first-order valence-corrected chi connectivity index (χ1v) is 8.23. The molecule has 1 aliphatic heterocycles. The minimum Gasteiger partial charge on any atom is -0.481 e. The smallest absolute Gasteiger partial charge is 0.306 e. The standard InChI is InChI=1S/C18H20N2O5/c21-17(20-8-9-24-14(12-20)10-18(22)23)7-6-16-19-11-15(25-16)13-4-2-1-3-5-13/h1-5,11,14H,6-10,12H2,(H,22,23). The van der Waals surface area contributed by atoms with Gasteiger partial charge in [-0.15, -0.1) is 0 Å². The van der Waals surface area contributed by atoms with Crippen LogP contribution in [0.5, 0.6) is 0 Å². The molecule has 132 valence electrons. The Morgan fingerprint density at radius 1 is 1.28 bits per heavy atom. The molecule has 1 fully saturated rings. The van der Waals surface area contributed by atoms with Crippen LogP contribution in [-0.4, -0.2) is 52.7 Å². The molecule has 1 atom stereocenters. The van der Waals surface area contributed by atoms with Crippen molar-refractivity contribution in [2.75, 3.05) is 19.7 Å². The topological polar surface area (TPSA) is 92.9 Å². The van der Waals surface area contributed by atoms with Crippen LogP contribution in [0.25, 0.3) is 11.3 Å². The lowest BCUT2D eigenvalue weighted by atomic mass is 10.2. The normalized spacial score (nSPS) is 17.4. The molecule has 7 nitrogen and oxygen atoms in total. The number of aromatic nitrogens is 1. The maximum atomic E-state index is 12.3. The number of rotatable bonds is 6. The highest BCUT2D eigenvalue weighted by Gasteiger charge is 2.25. The van der Waals surface area contributed by atoms with Crippen LogP contribution in [0, 0.1) is 0 Å². The number of benzene rings is 1. The van der Waals surface area contributed by atoms with Crippen molar-refractivity contribution < 1.29 is 23.8 Å². The fourth-order valence-electron chi connectivity index (χ4n) is 2.80. The van der Waals surface area contributed by atoms with E-state index in [4.69, 9.17) is 14.3 Å². The van der Waals surface area contributed by atoms with Crippen LogP contribution in [0.2, 0.25) is 0 Å². The van der Waals surface area contributed by atoms with E-state index in [-0.39, 0.29) is 18.7 Å². The number of morpholine rings is 1. The summed E-state index contributed by atoms with van der Waals surface area (Å²) in [5.74, 6) is 0.226. The van der Waals surface area contributed by atoms with E-state index in [1.807, 2.05) is 30.3 Å². The van der Waals surface area contributed by atoms with Gasteiger partial charge in [0.15, 0.2) is 11.7 Å². The molecular weight excluding hydrogens is 324 g/mol. The molecule has 0 saturated carbocycles. The quantitative estimate of drug-likeness (QED) is 0.861. The van der Waals surface area contributed by atoms with Gasteiger partial charge in [-0.05, 0) is 0 Å². The van der Waals surface area contributed by atoms with Crippen LogP contribution >= 0.6 is 0 Å². The highest BCUT2D eigenvalue weighted by molar-refractivity contribution is 5.76. The fourth-order valence-corrected chi connectivity index (χ4v) is 2.80. The summed E-state index contributed by atoms with van der Waals surface area (Å²) in [7, 11) is 0. The van der Waals surface area contributed by atoms with E-state index in [1.165, 1.54) is 0 Å². The van der Waals surface area contributed by atoms with Gasteiger partial charge in [0.25, 0.3) is 0 Å². The SMILES string of the molecule is O=C(O)CC1CN(C(=O)CCc2ncc(-c3ccccc3)o2)CCO1. The van der Waals surface area contributed by atoms with Crippen LogP contribution in [-0.2, 0) is 20.7 Å². The Morgan fingerprint density at radius 2 is 2.08 bits per heavy atom. The molecule has 25 heavy (non-hydrogen) atoms. The van der Waals surface area contributed by atoms with Crippen molar-refractivity contribution in [2.45, 2.75) is 25.4 Å². The number of oxazole rings is 1. The molecule has 1 amide bonds. The zero-order valence-corrected chi connectivity index (χ0v) is 13.8. The summed E-state index contributed by atoms with van der Waals surface area (Å²) in [5, 5.41) is 8.83. The van der Waals surface area contributed by atoms with E-state index < -0.39 is 12.1 Å². The summed E-state index contributed by atoms with van der Waals surface area (Å²) in [6.07, 6.45) is 1.80. The summed E-state index contributed by atoms with van der Waals surface area (Å²) >= 11 is 0. The number of amides is 1. The molecule has 1 unspecified atom stereocenters. The monoisotopic (exact) mass is 344 g/mol. The molecule has 0 radical (unpaired) electrons. The van der Waals surface area contributed by atoms with E-state index in [0.29, 0.717) is 37.8 Å². The number of nitrogens with zero attached hydrogens (tertiary/aromatic N) is 2. The number of carboxylic acid groups (broad SMARTS) is 1. The molecule has 0 aliphatic carbocycles. The number of carboxylic acids is 1. The second-order valence-electron chi connectivity index (χ2n) is 5.91. The first-order chi connectivity index (χ1) is 12.1. The third-order valence-electron chi connectivity index (χ3n) is 4.06. The average molecular weight is 344 g/mol. The highest BCUT2D eigenvalue weighted by Crippen LogP contribution is 2.20. The Labute approximate surface area is 145 Å². The summed E-state index contributed by atoms with van der Waals surface area (Å²) in [6.45, 7) is 1.16. The second-order valence-corrected chi connectivity index (χ2v) is 5.91. The van der Waals surface area contributed by atoms with Crippen molar-refractivity contribution in [3.8, 4) is 11.3 Å². The number of aliphatic carboxylic acids is 1. The molecule has 2 aromatic rings. The van der Waals surface area contributed by atoms with Crippen molar-refractivity contribution in [1.82, 2.24) is 9.88 Å². The van der Waals surface area contributed by atoms with Crippen LogP contribution in [0.15, 0.2) is 40.9 Å². The molecule has 1 aromatic heterocycles. The Kier molecular flexibility index (Phi) is 5.45. The molecular formula is C18H20N2O5. The average Bonchev–Trinajstić information content (AvgIpc) is 3.09. The molecule has 2 heterocycles. The molecule has 0 spiro atoms. The fraction of sp³-hybridized carbons (Fsp3) is 0.389. The third kappa shape index (κ3) is 4.67. The lowest BCUT2D eigenvalue weighted by Gasteiger charge is -2.32. The van der Waals surface area contributed by atoms with Crippen LogP contribution in [0.4, 0.5) is 0 Å². The minimum atomic E-state index is -0.924. The number of carbonyl (C=O) groups excluding carboxylic acids is 1. The van der Waals surface area contributed by atoms with Crippen molar-refractivity contribution in [2.24, 2.45) is 0 Å². The van der Waals surface area contributed by atoms with Crippen molar-refractivity contribution >= 4 is 11.9 Å². The lowest BCUT2D eigenvalue weighted by molar-refractivity contribution is -0.147. The van der Waals surface area contributed by atoms with Crippen LogP contribution < -0.4 is 0 Å². The van der Waals surface area contributed by atoms with Gasteiger partial charge in [-0.2, -0.15) is 0 Å². The molecule has 7 heteroatoms. The lowest BCUT2D eigenvalue weighted by Crippen LogP contribution is -2.46. The summed E-state index contributed by atoms with van der Waals surface area (Å²) < 4.78 is 11.1. The maximum Gasteiger partial charge on any atom is 0.306 e. The molecule has 0 bridgehead atoms. The van der Waals surface area contributed by atoms with Gasteiger partial charge in [0, 0.05) is 31.5 Å². The molecule has 1 aromatic carbocycles. The third-order valence-corrected chi connectivity index (χ3v) is 4.06. The zero-order chi connectivity index (χ0) is 17.6. The van der Waals surface area contributed by atoms with Gasteiger partial charge in [0.1, 0.15) is 0 Å². The zero-order valence-electron chi connectivity index (χ0n) is 13.8. The number of carbonyl (C=O) groups is 2. The van der Waals surface area contributed by atoms with Gasteiger partial charge >= 0.3 is 5.97 Å². The minimum absolute atomic E-state index is 0.0434. The Bertz CT molecular complexity index is 728. The number of hydrogen-bond donors (Lipinski definition) is 1. The van der Waals surface area contributed by atoms with Gasteiger partial charge in [-0.1, -0.05) is 30.3 Å². The molecule has 3 rings (SSSR count). The van der Waals surface area contributed by atoms with Gasteiger partial charge in [-0.3, -0.25) is 9.59 Å². The van der Waals surface area contributed by atoms with Crippen LogP contribution in [0.1, 0.15) is 18.7 Å². The summed E-state index contributed by atoms with van der Waals surface area (Å²) in [5.41, 5.74) is 0.942. The maximum absolute atomic E-state index is 12.3. The summed E-state index contributed by atoms with van der Waals surface area (Å²) in [6, 6.07) is 9.65. The molecule has 1 aliphatic rings. The van der Waals surface area contributed by atoms with E-state index in [1.54, 1.807) is 11.1 Å². The van der Waals surface area contributed by atoms with Gasteiger partial charge in [0.05, 0.1) is 25.3 Å². The Morgan fingerprint density at radius 3 is 2.84 bits per heavy atom. The van der Waals surface area contributed by atoms with Crippen LogP contribution in [0.3, 0.4) is 0 Å². The van der Waals surface area contributed by atoms with Gasteiger partial charge < -0.3 is 19.2 Å². The number of hydrogen-bond acceptors (Lipinski definition) is 5. The van der Waals surface area contributed by atoms with Gasteiger partial charge in [0.2, 0.25) is 5.91 Å². The van der Waals surface area contributed by atoms with Gasteiger partial charge in [-0.25, -0.2) is 4.98 Å². The van der Waals surface area contributed by atoms with Crippen molar-refractivity contribution in [1.29, 1.82) is 0 Å². The Hall–Kier alpha value is -2.67. The number of aryl methyl sites for hydroxylation is 1. The van der Waals surface area contributed by atoms with E-state index >= 15 is 0 Å². The molecule has 1 saturated heterocycles. The number of ether oxygens (including phenoxy) is 1. The predicted molar refractivity (Wildman–Crippen MR) is 88.8 cm³/mol. The Balaban J connectivity index is 1.52. The van der Waals surface area contributed by atoms with Crippen molar-refractivity contribution in [3.05, 3.63) is 42.4 Å². The van der Waals surface area contributed by atoms with E-state index in [0.717, 1.165) is 5.56 Å². The predicted octanol–water partition coefficient (Wildman–Crippen LogP) is 1.98.